The second-order valence-corrected chi connectivity index (χ2v) is 6.93. The van der Waals surface area contributed by atoms with Gasteiger partial charge in [-0.25, -0.2) is 0 Å². The summed E-state index contributed by atoms with van der Waals surface area (Å²) in [7, 11) is 2.20. The molecule has 1 saturated carbocycles. The molecule has 0 saturated heterocycles. The highest BCUT2D eigenvalue weighted by atomic mass is 16.1. The summed E-state index contributed by atoms with van der Waals surface area (Å²) in [6, 6.07) is 8.86. The number of nitrogens with zero attached hydrogens (tertiary/aromatic N) is 1. The van der Waals surface area contributed by atoms with E-state index in [1.165, 1.54) is 37.7 Å². The van der Waals surface area contributed by atoms with Crippen molar-refractivity contribution in [2.45, 2.75) is 70.5 Å². The van der Waals surface area contributed by atoms with Crippen molar-refractivity contribution in [1.29, 1.82) is 0 Å². The second kappa shape index (κ2) is 9.04. The number of nitrogens with one attached hydrogen (secondary N) is 1. The van der Waals surface area contributed by atoms with E-state index in [9.17, 15) is 4.79 Å². The van der Waals surface area contributed by atoms with Crippen molar-refractivity contribution in [2.75, 3.05) is 12.4 Å². The number of amides is 1. The summed E-state index contributed by atoms with van der Waals surface area (Å²) in [5, 5.41) is 3.05. The first-order valence-corrected chi connectivity index (χ1v) is 8.90. The molecule has 0 spiro atoms. The van der Waals surface area contributed by atoms with E-state index in [0.717, 1.165) is 18.7 Å². The van der Waals surface area contributed by atoms with Gasteiger partial charge in [0.2, 0.25) is 5.91 Å². The van der Waals surface area contributed by atoms with Crippen LogP contribution in [0.1, 0.15) is 57.4 Å². The normalized spacial score (nSPS) is 17.2. The van der Waals surface area contributed by atoms with Crippen LogP contribution >= 0.6 is 0 Å². The van der Waals surface area contributed by atoms with Crippen LogP contribution in [0.2, 0.25) is 0 Å². The zero-order chi connectivity index (χ0) is 16.7. The maximum absolute atomic E-state index is 12.1. The van der Waals surface area contributed by atoms with Crippen molar-refractivity contribution in [1.82, 2.24) is 4.90 Å². The lowest BCUT2D eigenvalue weighted by Crippen LogP contribution is -2.33. The van der Waals surface area contributed by atoms with Crippen LogP contribution in [0, 0.1) is 0 Å². The van der Waals surface area contributed by atoms with Crippen LogP contribution in [-0.2, 0) is 11.3 Å². The lowest BCUT2D eigenvalue weighted by molar-refractivity contribution is -0.116. The number of rotatable bonds is 7. The lowest BCUT2D eigenvalue weighted by atomic mass is 9.94. The fourth-order valence-corrected chi connectivity index (χ4v) is 3.27. The van der Waals surface area contributed by atoms with Crippen LogP contribution in [-0.4, -0.2) is 29.9 Å². The molecule has 1 unspecified atom stereocenters. The summed E-state index contributed by atoms with van der Waals surface area (Å²) in [5.41, 5.74) is 7.85. The van der Waals surface area contributed by atoms with E-state index in [2.05, 4.69) is 23.3 Å². The van der Waals surface area contributed by atoms with Gasteiger partial charge in [-0.3, -0.25) is 9.69 Å². The Morgan fingerprint density at radius 3 is 2.70 bits per heavy atom. The van der Waals surface area contributed by atoms with Crippen LogP contribution in [0.15, 0.2) is 24.3 Å². The molecule has 0 aliphatic heterocycles. The van der Waals surface area contributed by atoms with E-state index in [1.807, 2.05) is 25.1 Å². The average Bonchev–Trinajstić information content (AvgIpc) is 2.55. The van der Waals surface area contributed by atoms with Gasteiger partial charge in [-0.05, 0) is 44.9 Å². The molecule has 1 fully saturated rings. The lowest BCUT2D eigenvalue weighted by Gasteiger charge is -2.31. The summed E-state index contributed by atoms with van der Waals surface area (Å²) >= 11 is 0. The van der Waals surface area contributed by atoms with Gasteiger partial charge >= 0.3 is 0 Å². The van der Waals surface area contributed by atoms with Crippen LogP contribution in [0.3, 0.4) is 0 Å². The molecule has 2 rings (SSSR count). The molecular formula is C19H31N3O. The van der Waals surface area contributed by atoms with Crippen molar-refractivity contribution in [3.05, 3.63) is 29.8 Å². The second-order valence-electron chi connectivity index (χ2n) is 6.93. The van der Waals surface area contributed by atoms with Crippen molar-refractivity contribution in [2.24, 2.45) is 5.73 Å². The number of benzene rings is 1. The third kappa shape index (κ3) is 5.96. The first-order valence-electron chi connectivity index (χ1n) is 8.90. The van der Waals surface area contributed by atoms with Crippen molar-refractivity contribution >= 4 is 11.6 Å². The molecule has 3 N–H and O–H groups in total. The number of hydrogen-bond acceptors (Lipinski definition) is 3. The predicted molar refractivity (Wildman–Crippen MR) is 96.3 cm³/mol. The van der Waals surface area contributed by atoms with Gasteiger partial charge in [0.1, 0.15) is 0 Å². The fraction of sp³-hybridized carbons (Fsp3) is 0.632. The minimum Gasteiger partial charge on any atom is -0.328 e. The SMILES string of the molecule is CC(N)CCC(=O)Nc1ccccc1CN(C)C1CCCCC1. The Kier molecular flexibility index (Phi) is 7.06. The quantitative estimate of drug-likeness (QED) is 0.809. The van der Waals surface area contributed by atoms with Gasteiger partial charge in [0.05, 0.1) is 0 Å². The Hall–Kier alpha value is -1.39. The highest BCUT2D eigenvalue weighted by Gasteiger charge is 2.19. The van der Waals surface area contributed by atoms with E-state index >= 15 is 0 Å². The molecule has 23 heavy (non-hydrogen) atoms. The number of hydrogen-bond donors (Lipinski definition) is 2. The molecule has 0 heterocycles. The molecule has 1 amide bonds. The smallest absolute Gasteiger partial charge is 0.224 e. The summed E-state index contributed by atoms with van der Waals surface area (Å²) < 4.78 is 0. The van der Waals surface area contributed by atoms with Crippen LogP contribution in [0.25, 0.3) is 0 Å². The molecule has 0 aromatic heterocycles. The Balaban J connectivity index is 1.95. The largest absolute Gasteiger partial charge is 0.328 e. The van der Waals surface area contributed by atoms with Gasteiger partial charge in [-0.15, -0.1) is 0 Å². The average molecular weight is 317 g/mol. The van der Waals surface area contributed by atoms with Gasteiger partial charge in [0.25, 0.3) is 0 Å². The summed E-state index contributed by atoms with van der Waals surface area (Å²) in [4.78, 5) is 14.5. The van der Waals surface area contributed by atoms with Crippen LogP contribution in [0.4, 0.5) is 5.69 Å². The first-order chi connectivity index (χ1) is 11.1. The van der Waals surface area contributed by atoms with Gasteiger partial charge in [0.15, 0.2) is 0 Å². The molecule has 1 aliphatic rings. The summed E-state index contributed by atoms with van der Waals surface area (Å²) in [6.45, 7) is 2.81. The zero-order valence-electron chi connectivity index (χ0n) is 14.6. The number of nitrogens with two attached hydrogens (primary N) is 1. The Morgan fingerprint density at radius 1 is 1.30 bits per heavy atom. The molecule has 4 heteroatoms. The summed E-state index contributed by atoms with van der Waals surface area (Å²) in [6.07, 6.45) is 7.82. The van der Waals surface area contributed by atoms with E-state index in [1.54, 1.807) is 0 Å². The molecular weight excluding hydrogens is 286 g/mol. The maximum atomic E-state index is 12.1. The molecule has 1 aromatic carbocycles. The Bertz CT molecular complexity index is 495. The Morgan fingerprint density at radius 2 is 2.00 bits per heavy atom. The summed E-state index contributed by atoms with van der Waals surface area (Å²) in [5.74, 6) is 0.0510. The highest BCUT2D eigenvalue weighted by molar-refractivity contribution is 5.91. The molecule has 4 nitrogen and oxygen atoms in total. The minimum atomic E-state index is 0.0510. The molecule has 128 valence electrons. The van der Waals surface area contributed by atoms with Crippen molar-refractivity contribution in [3.63, 3.8) is 0 Å². The Labute approximate surface area is 140 Å². The molecule has 1 aromatic rings. The van der Waals surface area contributed by atoms with Gasteiger partial charge in [-0.1, -0.05) is 37.5 Å². The van der Waals surface area contributed by atoms with Crippen molar-refractivity contribution in [3.8, 4) is 0 Å². The standard InChI is InChI=1S/C19H31N3O/c1-15(20)12-13-19(23)21-18-11-7-6-8-16(18)14-22(2)17-9-4-3-5-10-17/h6-8,11,15,17H,3-5,9-10,12-14,20H2,1-2H3,(H,21,23). The zero-order valence-corrected chi connectivity index (χ0v) is 14.6. The number of para-hydroxylation sites is 1. The maximum Gasteiger partial charge on any atom is 0.224 e. The molecule has 1 aliphatic carbocycles. The number of anilines is 1. The molecule has 0 radical (unpaired) electrons. The third-order valence-corrected chi connectivity index (χ3v) is 4.74. The first kappa shape index (κ1) is 18.0. The van der Waals surface area contributed by atoms with E-state index in [4.69, 9.17) is 5.73 Å². The van der Waals surface area contributed by atoms with Gasteiger partial charge in [0, 0.05) is 30.7 Å². The monoisotopic (exact) mass is 317 g/mol. The van der Waals surface area contributed by atoms with Crippen LogP contribution < -0.4 is 11.1 Å². The number of carbonyl (C=O) groups excluding carboxylic acids is 1. The third-order valence-electron chi connectivity index (χ3n) is 4.74. The molecule has 0 bridgehead atoms. The van der Waals surface area contributed by atoms with Crippen LogP contribution in [0.5, 0.6) is 0 Å². The van der Waals surface area contributed by atoms with E-state index < -0.39 is 0 Å². The predicted octanol–water partition coefficient (Wildman–Crippen LogP) is 3.52. The van der Waals surface area contributed by atoms with Gasteiger partial charge in [-0.2, -0.15) is 0 Å². The van der Waals surface area contributed by atoms with E-state index in [-0.39, 0.29) is 11.9 Å². The fourth-order valence-electron chi connectivity index (χ4n) is 3.27. The molecule has 1 atom stereocenters. The van der Waals surface area contributed by atoms with Crippen molar-refractivity contribution < 1.29 is 4.79 Å². The number of carbonyl (C=O) groups is 1. The van der Waals surface area contributed by atoms with E-state index in [0.29, 0.717) is 12.5 Å². The highest BCUT2D eigenvalue weighted by Crippen LogP contribution is 2.25. The minimum absolute atomic E-state index is 0.0510. The van der Waals surface area contributed by atoms with Gasteiger partial charge < -0.3 is 11.1 Å². The topological polar surface area (TPSA) is 58.4 Å².